The van der Waals surface area contributed by atoms with E-state index >= 15 is 0 Å². The average Bonchev–Trinajstić information content (AvgIpc) is 2.42. The standard InChI is InChI=1S/C12H15N3O4/c1-2-3-8-6-15(12(18)14-11(8)17)10-5-13-4-9(7-16)19-10/h6,9-10,13,16H,4-5,7H2,1H3,(H,14,17,18). The van der Waals surface area contributed by atoms with E-state index in [0.717, 1.165) is 0 Å². The van der Waals surface area contributed by atoms with E-state index in [1.54, 1.807) is 6.92 Å². The normalized spacial score (nSPS) is 22.6. The van der Waals surface area contributed by atoms with E-state index in [4.69, 9.17) is 9.84 Å². The fourth-order valence-electron chi connectivity index (χ4n) is 1.88. The summed E-state index contributed by atoms with van der Waals surface area (Å²) in [6.07, 6.45) is 0.426. The second kappa shape index (κ2) is 5.84. The number of ether oxygens (including phenoxy) is 1. The van der Waals surface area contributed by atoms with Crippen LogP contribution in [0.1, 0.15) is 18.7 Å². The Kier molecular flexibility index (Phi) is 4.16. The molecule has 0 aromatic carbocycles. The van der Waals surface area contributed by atoms with Gasteiger partial charge in [-0.15, -0.1) is 5.92 Å². The maximum Gasteiger partial charge on any atom is 0.330 e. The first kappa shape index (κ1) is 13.5. The van der Waals surface area contributed by atoms with Gasteiger partial charge in [0.15, 0.2) is 6.23 Å². The zero-order chi connectivity index (χ0) is 13.8. The zero-order valence-corrected chi connectivity index (χ0v) is 10.5. The molecule has 0 aliphatic carbocycles. The van der Waals surface area contributed by atoms with E-state index in [0.29, 0.717) is 13.1 Å². The van der Waals surface area contributed by atoms with Gasteiger partial charge in [0.1, 0.15) is 5.56 Å². The van der Waals surface area contributed by atoms with Crippen molar-refractivity contribution >= 4 is 0 Å². The predicted molar refractivity (Wildman–Crippen MR) is 67.7 cm³/mol. The van der Waals surface area contributed by atoms with Gasteiger partial charge in [-0.25, -0.2) is 4.79 Å². The predicted octanol–water partition coefficient (Wildman–Crippen LogP) is -1.61. The van der Waals surface area contributed by atoms with Crippen molar-refractivity contribution in [2.24, 2.45) is 0 Å². The molecule has 0 radical (unpaired) electrons. The summed E-state index contributed by atoms with van der Waals surface area (Å²) < 4.78 is 6.83. The van der Waals surface area contributed by atoms with E-state index < -0.39 is 17.5 Å². The van der Waals surface area contributed by atoms with Crippen LogP contribution in [0.5, 0.6) is 0 Å². The van der Waals surface area contributed by atoms with Crippen molar-refractivity contribution in [2.75, 3.05) is 19.7 Å². The number of aromatic nitrogens is 2. The monoisotopic (exact) mass is 265 g/mol. The highest BCUT2D eigenvalue weighted by Gasteiger charge is 2.23. The Morgan fingerprint density at radius 3 is 3.00 bits per heavy atom. The lowest BCUT2D eigenvalue weighted by molar-refractivity contribution is -0.0968. The summed E-state index contributed by atoms with van der Waals surface area (Å²) in [6, 6.07) is 0. The van der Waals surface area contributed by atoms with E-state index in [-0.39, 0.29) is 18.3 Å². The highest BCUT2D eigenvalue weighted by Crippen LogP contribution is 2.12. The molecule has 7 nitrogen and oxygen atoms in total. The number of H-pyrrole nitrogens is 1. The summed E-state index contributed by atoms with van der Waals surface area (Å²) in [6.45, 7) is 2.41. The first-order chi connectivity index (χ1) is 9.15. The Labute approximate surface area is 109 Å². The molecule has 1 aliphatic rings. The third-order valence-corrected chi connectivity index (χ3v) is 2.78. The molecule has 2 rings (SSSR count). The van der Waals surface area contributed by atoms with Crippen LogP contribution >= 0.6 is 0 Å². The van der Waals surface area contributed by atoms with Crippen molar-refractivity contribution in [2.45, 2.75) is 19.3 Å². The number of hydrogen-bond acceptors (Lipinski definition) is 5. The molecular weight excluding hydrogens is 250 g/mol. The molecule has 0 spiro atoms. The summed E-state index contributed by atoms with van der Waals surface area (Å²) in [5.41, 5.74) is -0.869. The topological polar surface area (TPSA) is 96.3 Å². The van der Waals surface area contributed by atoms with Crippen molar-refractivity contribution < 1.29 is 9.84 Å². The van der Waals surface area contributed by atoms with Gasteiger partial charge in [0.05, 0.1) is 12.7 Å². The molecule has 0 saturated carbocycles. The van der Waals surface area contributed by atoms with Crippen LogP contribution in [0.2, 0.25) is 0 Å². The van der Waals surface area contributed by atoms with Gasteiger partial charge in [0.25, 0.3) is 5.56 Å². The Morgan fingerprint density at radius 1 is 1.53 bits per heavy atom. The molecule has 0 amide bonds. The number of aliphatic hydroxyl groups excluding tert-OH is 1. The van der Waals surface area contributed by atoms with Crippen molar-refractivity contribution in [1.82, 2.24) is 14.9 Å². The number of aromatic amines is 1. The summed E-state index contributed by atoms with van der Waals surface area (Å²) >= 11 is 0. The van der Waals surface area contributed by atoms with Gasteiger partial charge in [-0.3, -0.25) is 14.3 Å². The molecule has 102 valence electrons. The molecule has 7 heteroatoms. The first-order valence-electron chi connectivity index (χ1n) is 5.91. The van der Waals surface area contributed by atoms with Gasteiger partial charge in [0.2, 0.25) is 0 Å². The summed E-state index contributed by atoms with van der Waals surface area (Å²) in [5.74, 6) is 5.24. The third kappa shape index (κ3) is 2.93. The molecular formula is C12H15N3O4. The Balaban J connectivity index is 2.38. The summed E-state index contributed by atoms with van der Waals surface area (Å²) in [5, 5.41) is 12.1. The highest BCUT2D eigenvalue weighted by molar-refractivity contribution is 5.28. The summed E-state index contributed by atoms with van der Waals surface area (Å²) in [7, 11) is 0. The van der Waals surface area contributed by atoms with Gasteiger partial charge in [-0.2, -0.15) is 0 Å². The molecule has 2 heterocycles. The highest BCUT2D eigenvalue weighted by atomic mass is 16.5. The largest absolute Gasteiger partial charge is 0.394 e. The summed E-state index contributed by atoms with van der Waals surface area (Å²) in [4.78, 5) is 25.5. The van der Waals surface area contributed by atoms with Crippen LogP contribution in [0.3, 0.4) is 0 Å². The number of nitrogens with zero attached hydrogens (tertiary/aromatic N) is 1. The lowest BCUT2D eigenvalue weighted by Gasteiger charge is -2.30. The van der Waals surface area contributed by atoms with E-state index in [1.807, 2.05) is 0 Å². The average molecular weight is 265 g/mol. The number of morpholine rings is 1. The van der Waals surface area contributed by atoms with E-state index in [2.05, 4.69) is 22.1 Å². The quantitative estimate of drug-likeness (QED) is 0.559. The lowest BCUT2D eigenvalue weighted by atomic mass is 10.3. The molecule has 19 heavy (non-hydrogen) atoms. The third-order valence-electron chi connectivity index (χ3n) is 2.78. The van der Waals surface area contributed by atoms with E-state index in [9.17, 15) is 9.59 Å². The van der Waals surface area contributed by atoms with Crippen molar-refractivity contribution in [3.8, 4) is 11.8 Å². The van der Waals surface area contributed by atoms with Crippen LogP contribution in [0.25, 0.3) is 0 Å². The molecule has 3 N–H and O–H groups in total. The maximum absolute atomic E-state index is 11.8. The Bertz CT molecular complexity index is 622. The minimum atomic E-state index is -0.576. The van der Waals surface area contributed by atoms with Gasteiger partial charge in [-0.05, 0) is 6.92 Å². The Morgan fingerprint density at radius 2 is 2.32 bits per heavy atom. The maximum atomic E-state index is 11.8. The number of nitrogens with one attached hydrogen (secondary N) is 2. The molecule has 1 saturated heterocycles. The molecule has 1 aromatic rings. The van der Waals surface area contributed by atoms with Crippen molar-refractivity contribution in [3.05, 3.63) is 32.6 Å². The smallest absolute Gasteiger partial charge is 0.330 e. The van der Waals surface area contributed by atoms with Crippen molar-refractivity contribution in [3.63, 3.8) is 0 Å². The fraction of sp³-hybridized carbons (Fsp3) is 0.500. The number of aliphatic hydroxyl groups is 1. The molecule has 2 atom stereocenters. The Hall–Kier alpha value is -1.88. The molecule has 1 aliphatic heterocycles. The van der Waals surface area contributed by atoms with Gasteiger partial charge >= 0.3 is 5.69 Å². The minimum Gasteiger partial charge on any atom is -0.394 e. The van der Waals surface area contributed by atoms with Crippen LogP contribution in [0, 0.1) is 11.8 Å². The lowest BCUT2D eigenvalue weighted by Crippen LogP contribution is -2.47. The van der Waals surface area contributed by atoms with Crippen molar-refractivity contribution in [1.29, 1.82) is 0 Å². The van der Waals surface area contributed by atoms with Gasteiger partial charge in [0, 0.05) is 19.3 Å². The SMILES string of the molecule is CC#Cc1cn(C2CNCC(CO)O2)c(=O)[nH]c1=O. The van der Waals surface area contributed by atoms with Gasteiger partial charge < -0.3 is 15.2 Å². The van der Waals surface area contributed by atoms with Crippen LogP contribution < -0.4 is 16.6 Å². The molecule has 1 fully saturated rings. The number of rotatable bonds is 2. The van der Waals surface area contributed by atoms with Crippen LogP contribution in [-0.2, 0) is 4.74 Å². The van der Waals surface area contributed by atoms with Crippen LogP contribution in [0.4, 0.5) is 0 Å². The van der Waals surface area contributed by atoms with Gasteiger partial charge in [-0.1, -0.05) is 5.92 Å². The minimum absolute atomic E-state index is 0.136. The molecule has 0 bridgehead atoms. The van der Waals surface area contributed by atoms with Crippen LogP contribution in [-0.4, -0.2) is 40.5 Å². The fourth-order valence-corrected chi connectivity index (χ4v) is 1.88. The second-order valence-electron chi connectivity index (χ2n) is 4.14. The molecule has 2 unspecified atom stereocenters. The van der Waals surface area contributed by atoms with Crippen LogP contribution in [0.15, 0.2) is 15.8 Å². The second-order valence-corrected chi connectivity index (χ2v) is 4.14. The van der Waals surface area contributed by atoms with E-state index in [1.165, 1.54) is 10.8 Å². The zero-order valence-electron chi connectivity index (χ0n) is 10.5. The first-order valence-corrected chi connectivity index (χ1v) is 5.91. The number of hydrogen-bond donors (Lipinski definition) is 3. The molecule has 1 aromatic heterocycles.